The molecule has 0 bridgehead atoms. The van der Waals surface area contributed by atoms with Gasteiger partial charge in [0.05, 0.1) is 387 Å². The standard InChI is InChI=1S/C78H148NO34S/c1-3-5-6-7-8-9-10-12-74-13-14-76(75(71-74)11-4-2)111-77-72-109-69-67-107-65-63-105-61-59-103-57-55-101-53-51-99-49-47-97-45-43-95-41-39-93-37-35-91-33-31-89-29-27-87-25-23-85-21-19-83-17-15-82-16-18-84-20-22-86-24-26-88-28-30-90-32-34-92-36-38-94-40-42-96-44-46-98-48-50-100-52-54-102-56-58-104-60-62-106-64-66-108-68-70-110-73-78(77)112-114(80,81)113-79/h4,11,13-14,71,77-78H,3,5-10,12,15-70,72-73H2,1-2,79H3/q+2/b11-4+. The number of allylic oxidation sites excluding steroid dienone is 1. The number of quaternary nitrogens is 1. The van der Waals surface area contributed by atoms with E-state index in [1.54, 1.807) is 0 Å². The van der Waals surface area contributed by atoms with E-state index in [1.807, 2.05) is 31.2 Å². The second kappa shape index (κ2) is 89.8. The SMILES string of the molecule is C/C=C/c1cc(CCCCCCCCC)ccc1OC1COCCOCCOCCOCCOCCOCCOCCOCCOCCOCCOCCOCCOCCOCCOCCOCCOCCOCCOCCOCCOCCOCCOCCOCCOCCOCCOCCOCCOCC1O[S+]([O])(=O)O[NH3+]. The highest BCUT2D eigenvalue weighted by Crippen LogP contribution is 2.27. The fourth-order valence-corrected chi connectivity index (χ4v) is 10.2. The molecule has 1 heterocycles. The predicted molar refractivity (Wildman–Crippen MR) is 419 cm³/mol. The molecule has 35 nitrogen and oxygen atoms in total. The van der Waals surface area contributed by atoms with Crippen molar-refractivity contribution in [2.45, 2.75) is 77.4 Å². The van der Waals surface area contributed by atoms with Gasteiger partial charge in [0, 0.05) is 9.77 Å². The van der Waals surface area contributed by atoms with Crippen molar-refractivity contribution in [3.05, 3.63) is 35.4 Å². The number of rotatable bonds is 14. The predicted octanol–water partition coefficient (Wildman–Crippen LogP) is 4.49. The van der Waals surface area contributed by atoms with Gasteiger partial charge in [-0.05, 0) is 37.5 Å². The zero-order chi connectivity index (χ0) is 81.2. The first-order chi connectivity index (χ1) is 56.5. The lowest BCUT2D eigenvalue weighted by Crippen LogP contribution is -2.55. The molecular weight excluding hydrogens is 1530 g/mol. The van der Waals surface area contributed by atoms with Crippen LogP contribution in [0.5, 0.6) is 5.75 Å². The van der Waals surface area contributed by atoms with Crippen molar-refractivity contribution in [3.8, 4) is 5.75 Å². The lowest BCUT2D eigenvalue weighted by atomic mass is 10.0. The minimum atomic E-state index is -4.56. The molecule has 1 radical (unpaired) electrons. The maximum atomic E-state index is 12.8. The Kier molecular flexibility index (Phi) is 84.8. The lowest BCUT2D eigenvalue weighted by molar-refractivity contribution is -0.640. The second-order valence-corrected chi connectivity index (χ2v) is 26.0. The normalized spacial score (nSPS) is 23.3. The van der Waals surface area contributed by atoms with E-state index in [2.05, 4.69) is 23.2 Å². The Balaban J connectivity index is 1.70. The summed E-state index contributed by atoms with van der Waals surface area (Å²) in [6, 6.07) is 6.02. The molecule has 1 aliphatic heterocycles. The Labute approximate surface area is 681 Å². The summed E-state index contributed by atoms with van der Waals surface area (Å²) in [5.74, 6) is 3.60. The Morgan fingerprint density at radius 2 is 0.509 bits per heavy atom. The van der Waals surface area contributed by atoms with Crippen LogP contribution in [-0.2, 0) is 172 Å². The first-order valence-electron chi connectivity index (χ1n) is 41.0. The van der Waals surface area contributed by atoms with Gasteiger partial charge in [0.15, 0.2) is 12.2 Å². The summed E-state index contributed by atoms with van der Waals surface area (Å²) >= 11 is 0. The van der Waals surface area contributed by atoms with Gasteiger partial charge in [-0.1, -0.05) is 67.9 Å². The maximum Gasteiger partial charge on any atom is 0.597 e. The number of benzene rings is 1. The van der Waals surface area contributed by atoms with Crippen molar-refractivity contribution < 1.29 is 165 Å². The third kappa shape index (κ3) is 78.2. The van der Waals surface area contributed by atoms with E-state index in [0.29, 0.717) is 349 Å². The van der Waals surface area contributed by atoms with Gasteiger partial charge >= 0.3 is 10.8 Å². The molecule has 3 atom stereocenters. The third-order valence-corrected chi connectivity index (χ3v) is 16.3. The van der Waals surface area contributed by atoms with Crippen LogP contribution in [0.1, 0.15) is 69.9 Å². The van der Waals surface area contributed by atoms with E-state index >= 15 is 0 Å². The van der Waals surface area contributed by atoms with E-state index in [1.165, 1.54) is 37.7 Å². The van der Waals surface area contributed by atoms with Crippen LogP contribution in [0.2, 0.25) is 0 Å². The fourth-order valence-electron chi connectivity index (χ4n) is 9.67. The minimum absolute atomic E-state index is 0.0900. The Bertz CT molecular complexity index is 2150. The highest BCUT2D eigenvalue weighted by atomic mass is 32.3. The van der Waals surface area contributed by atoms with E-state index in [9.17, 15) is 8.76 Å². The fraction of sp³-hybridized carbons (Fsp3) is 0.897. The van der Waals surface area contributed by atoms with E-state index < -0.39 is 23.0 Å². The molecule has 114 heavy (non-hydrogen) atoms. The van der Waals surface area contributed by atoms with Crippen molar-refractivity contribution >= 4 is 16.9 Å². The van der Waals surface area contributed by atoms with Crippen molar-refractivity contribution in [2.24, 2.45) is 0 Å². The van der Waals surface area contributed by atoms with E-state index in [0.717, 1.165) is 24.8 Å². The molecule has 1 aliphatic rings. The third-order valence-electron chi connectivity index (χ3n) is 15.5. The zero-order valence-electron chi connectivity index (χ0n) is 69.2. The van der Waals surface area contributed by atoms with Gasteiger partial charge in [-0.2, -0.15) is 5.90 Å². The topological polar surface area (TPSA) is 360 Å². The Morgan fingerprint density at radius 3 is 0.719 bits per heavy atom. The van der Waals surface area contributed by atoms with Gasteiger partial charge in [-0.25, -0.2) is 0 Å². The van der Waals surface area contributed by atoms with Gasteiger partial charge in [-0.3, -0.25) is 0 Å². The van der Waals surface area contributed by atoms with Gasteiger partial charge in [0.2, 0.25) is 0 Å². The molecule has 1 saturated heterocycles. The van der Waals surface area contributed by atoms with Crippen LogP contribution in [0.3, 0.4) is 0 Å². The first-order valence-corrected chi connectivity index (χ1v) is 42.4. The highest BCUT2D eigenvalue weighted by molar-refractivity contribution is 7.88. The zero-order valence-corrected chi connectivity index (χ0v) is 70.0. The molecule has 36 heteroatoms. The van der Waals surface area contributed by atoms with Gasteiger partial charge < -0.3 is 142 Å². The number of unbranched alkanes of at least 4 members (excludes halogenated alkanes) is 6. The molecule has 1 aromatic rings. The van der Waals surface area contributed by atoms with Crippen molar-refractivity contribution in [2.75, 3.05) is 383 Å². The number of hydrogen-bond donors (Lipinski definition) is 1. The Morgan fingerprint density at radius 1 is 0.307 bits per heavy atom. The summed E-state index contributed by atoms with van der Waals surface area (Å²) in [6.45, 7) is 27.4. The Hall–Kier alpha value is -2.41. The van der Waals surface area contributed by atoms with Gasteiger partial charge in [0.1, 0.15) is 10.3 Å². The van der Waals surface area contributed by atoms with Crippen LogP contribution in [0, 0.1) is 0 Å². The van der Waals surface area contributed by atoms with Gasteiger partial charge in [-0.15, -0.1) is 0 Å². The molecular formula is C78H148NO34S+2. The van der Waals surface area contributed by atoms with Crippen LogP contribution >= 0.6 is 0 Å². The molecule has 0 spiro atoms. The highest BCUT2D eigenvalue weighted by Gasteiger charge is 2.44. The molecule has 3 unspecified atom stereocenters. The van der Waals surface area contributed by atoms with Crippen molar-refractivity contribution in [1.82, 2.24) is 0 Å². The summed E-state index contributed by atoms with van der Waals surface area (Å²) < 4.78 is 205. The molecule has 0 aromatic heterocycles. The number of aryl methyl sites for hydroxylation is 1. The van der Waals surface area contributed by atoms with E-state index in [-0.39, 0.29) is 39.6 Å². The second-order valence-electron chi connectivity index (χ2n) is 24.7. The summed E-state index contributed by atoms with van der Waals surface area (Å²) in [5, 5.41) is 0. The number of ether oxygens (including phenoxy) is 30. The molecule has 1 aromatic carbocycles. The molecule has 1 fully saturated rings. The van der Waals surface area contributed by atoms with E-state index in [4.69, 9.17) is 146 Å². The molecule has 2 rings (SSSR count). The maximum absolute atomic E-state index is 12.8. The average Bonchev–Trinajstić information content (AvgIpc) is 0.835. The smallest absolute Gasteiger partial charge is 0.484 e. The molecule has 673 valence electrons. The lowest BCUT2D eigenvalue weighted by Gasteiger charge is -2.26. The first kappa shape index (κ1) is 108. The molecule has 3 N–H and O–H groups in total. The number of hydrogen-bond acceptors (Lipinski definition) is 33. The van der Waals surface area contributed by atoms with Crippen LogP contribution in [-0.4, -0.2) is 395 Å². The molecule has 0 saturated carbocycles. The van der Waals surface area contributed by atoms with Crippen molar-refractivity contribution in [1.29, 1.82) is 0 Å². The van der Waals surface area contributed by atoms with Crippen LogP contribution in [0.4, 0.5) is 0 Å². The molecule has 0 amide bonds. The minimum Gasteiger partial charge on any atom is -0.484 e. The summed E-state index contributed by atoms with van der Waals surface area (Å²) in [4.78, 5) is 0. The average molecular weight is 1680 g/mol. The van der Waals surface area contributed by atoms with Crippen molar-refractivity contribution in [3.63, 3.8) is 0 Å². The molecule has 0 aliphatic carbocycles. The quantitative estimate of drug-likeness (QED) is 0.152. The monoisotopic (exact) mass is 1670 g/mol. The summed E-state index contributed by atoms with van der Waals surface area (Å²) in [5.41, 5.74) is 2.00. The van der Waals surface area contributed by atoms with Crippen LogP contribution in [0.25, 0.3) is 6.08 Å². The largest absolute Gasteiger partial charge is 0.597 e. The van der Waals surface area contributed by atoms with Gasteiger partial charge in [0.25, 0.3) is 0 Å². The summed E-state index contributed by atoms with van der Waals surface area (Å²) in [6.07, 6.45) is 11.1. The van der Waals surface area contributed by atoms with Crippen LogP contribution in [0.15, 0.2) is 24.3 Å². The summed E-state index contributed by atoms with van der Waals surface area (Å²) in [7, 11) is -4.56. The van der Waals surface area contributed by atoms with Crippen LogP contribution < -0.4 is 10.6 Å².